The molecule has 2 aromatic rings. The van der Waals surface area contributed by atoms with E-state index >= 15 is 0 Å². The first kappa shape index (κ1) is 20.8. The lowest BCUT2D eigenvalue weighted by Gasteiger charge is -2.22. The van der Waals surface area contributed by atoms with Crippen molar-refractivity contribution in [1.82, 2.24) is 9.97 Å². The molecule has 0 radical (unpaired) electrons. The molecule has 1 heterocycles. The highest BCUT2D eigenvalue weighted by Crippen LogP contribution is 2.38. The van der Waals surface area contributed by atoms with Gasteiger partial charge in [0, 0.05) is 18.9 Å². The number of anilines is 2. The molecule has 0 amide bonds. The van der Waals surface area contributed by atoms with Crippen molar-refractivity contribution in [1.29, 1.82) is 0 Å². The highest BCUT2D eigenvalue weighted by molar-refractivity contribution is 5.63. The lowest BCUT2D eigenvalue weighted by molar-refractivity contribution is -0.137. The SMILES string of the molecule is CCCCOc1ncc(C(F)(F)F)c(N(C)c2ccc(OCCC)cc2)n1. The summed E-state index contributed by atoms with van der Waals surface area (Å²) in [4.78, 5) is 9.06. The zero-order chi connectivity index (χ0) is 19.9. The van der Waals surface area contributed by atoms with Crippen molar-refractivity contribution in [2.75, 3.05) is 25.2 Å². The minimum Gasteiger partial charge on any atom is -0.494 e. The predicted molar refractivity (Wildman–Crippen MR) is 97.7 cm³/mol. The van der Waals surface area contributed by atoms with Gasteiger partial charge in [0.15, 0.2) is 5.82 Å². The normalized spacial score (nSPS) is 11.3. The topological polar surface area (TPSA) is 47.5 Å². The smallest absolute Gasteiger partial charge is 0.421 e. The van der Waals surface area contributed by atoms with Crippen LogP contribution in [-0.2, 0) is 6.18 Å². The van der Waals surface area contributed by atoms with E-state index in [1.54, 1.807) is 24.3 Å². The first-order valence-corrected chi connectivity index (χ1v) is 8.90. The van der Waals surface area contributed by atoms with E-state index in [-0.39, 0.29) is 11.8 Å². The van der Waals surface area contributed by atoms with Gasteiger partial charge in [-0.3, -0.25) is 0 Å². The summed E-state index contributed by atoms with van der Waals surface area (Å²) in [7, 11) is 1.52. The fourth-order valence-electron chi connectivity index (χ4n) is 2.30. The molecule has 0 unspecified atom stereocenters. The molecular formula is C19H24F3N3O2. The molecule has 5 nitrogen and oxygen atoms in total. The molecule has 0 aliphatic heterocycles. The van der Waals surface area contributed by atoms with Crippen LogP contribution in [0.25, 0.3) is 0 Å². The Morgan fingerprint density at radius 2 is 1.70 bits per heavy atom. The van der Waals surface area contributed by atoms with Gasteiger partial charge >= 0.3 is 12.2 Å². The van der Waals surface area contributed by atoms with Crippen molar-refractivity contribution in [3.8, 4) is 11.8 Å². The van der Waals surface area contributed by atoms with Gasteiger partial charge in [-0.05, 0) is 37.1 Å². The minimum absolute atomic E-state index is 0.0683. The van der Waals surface area contributed by atoms with Gasteiger partial charge in [-0.25, -0.2) is 4.98 Å². The molecule has 2 rings (SSSR count). The van der Waals surface area contributed by atoms with Crippen LogP contribution in [0.5, 0.6) is 11.8 Å². The number of rotatable bonds is 9. The van der Waals surface area contributed by atoms with Crippen LogP contribution in [-0.4, -0.2) is 30.2 Å². The molecule has 0 fully saturated rings. The van der Waals surface area contributed by atoms with Crippen molar-refractivity contribution >= 4 is 11.5 Å². The number of ether oxygens (including phenoxy) is 2. The van der Waals surface area contributed by atoms with E-state index in [4.69, 9.17) is 9.47 Å². The third-order valence-corrected chi connectivity index (χ3v) is 3.80. The van der Waals surface area contributed by atoms with Gasteiger partial charge in [-0.2, -0.15) is 18.2 Å². The minimum atomic E-state index is -4.57. The molecule has 0 saturated carbocycles. The first-order chi connectivity index (χ1) is 12.9. The predicted octanol–water partition coefficient (Wildman–Crippen LogP) is 5.23. The van der Waals surface area contributed by atoms with Gasteiger partial charge in [0.2, 0.25) is 0 Å². The molecule has 27 heavy (non-hydrogen) atoms. The number of benzene rings is 1. The first-order valence-electron chi connectivity index (χ1n) is 8.90. The standard InChI is InChI=1S/C19H24F3N3O2/c1-4-6-12-27-18-23-13-16(19(20,21)22)17(24-18)25(3)14-7-9-15(10-8-14)26-11-5-2/h7-10,13H,4-6,11-12H2,1-3H3. The van der Waals surface area contributed by atoms with Crippen LogP contribution < -0.4 is 14.4 Å². The Morgan fingerprint density at radius 1 is 1.00 bits per heavy atom. The van der Waals surface area contributed by atoms with E-state index in [9.17, 15) is 13.2 Å². The third-order valence-electron chi connectivity index (χ3n) is 3.80. The fraction of sp³-hybridized carbons (Fsp3) is 0.474. The molecule has 1 aromatic carbocycles. The average Bonchev–Trinajstić information content (AvgIpc) is 2.65. The Balaban J connectivity index is 2.30. The van der Waals surface area contributed by atoms with Crippen molar-refractivity contribution in [2.45, 2.75) is 39.3 Å². The van der Waals surface area contributed by atoms with Gasteiger partial charge in [-0.1, -0.05) is 20.3 Å². The van der Waals surface area contributed by atoms with Crippen LogP contribution >= 0.6 is 0 Å². The van der Waals surface area contributed by atoms with E-state index < -0.39 is 11.7 Å². The molecular weight excluding hydrogens is 359 g/mol. The lowest BCUT2D eigenvalue weighted by atomic mass is 10.2. The number of hydrogen-bond acceptors (Lipinski definition) is 5. The van der Waals surface area contributed by atoms with E-state index in [1.165, 1.54) is 11.9 Å². The van der Waals surface area contributed by atoms with Gasteiger partial charge < -0.3 is 14.4 Å². The monoisotopic (exact) mass is 383 g/mol. The number of nitrogens with zero attached hydrogens (tertiary/aromatic N) is 3. The summed E-state index contributed by atoms with van der Waals surface area (Å²) in [6.45, 7) is 4.92. The quantitative estimate of drug-likeness (QED) is 0.555. The Kier molecular flexibility index (Phi) is 7.27. The molecule has 0 aliphatic carbocycles. The molecule has 0 spiro atoms. The van der Waals surface area contributed by atoms with E-state index in [0.29, 0.717) is 24.7 Å². The Labute approximate surface area is 157 Å². The van der Waals surface area contributed by atoms with Crippen LogP contribution in [0.2, 0.25) is 0 Å². The van der Waals surface area contributed by atoms with Crippen molar-refractivity contribution in [3.05, 3.63) is 36.0 Å². The molecule has 1 aromatic heterocycles. The van der Waals surface area contributed by atoms with Crippen molar-refractivity contribution < 1.29 is 22.6 Å². The number of halogens is 3. The van der Waals surface area contributed by atoms with Gasteiger partial charge in [0.1, 0.15) is 11.3 Å². The van der Waals surface area contributed by atoms with Crippen molar-refractivity contribution in [3.63, 3.8) is 0 Å². The summed E-state index contributed by atoms with van der Waals surface area (Å²) in [5.41, 5.74) is -0.373. The average molecular weight is 383 g/mol. The molecule has 0 bridgehead atoms. The van der Waals surface area contributed by atoms with Crippen LogP contribution in [0.3, 0.4) is 0 Å². The molecule has 8 heteroatoms. The van der Waals surface area contributed by atoms with Crippen LogP contribution in [0, 0.1) is 0 Å². The number of aromatic nitrogens is 2. The van der Waals surface area contributed by atoms with Crippen LogP contribution in [0.4, 0.5) is 24.7 Å². The lowest BCUT2D eigenvalue weighted by Crippen LogP contribution is -2.19. The maximum Gasteiger partial charge on any atom is 0.421 e. The Bertz CT molecular complexity index is 721. The number of alkyl halides is 3. The molecule has 0 aliphatic rings. The molecule has 148 valence electrons. The van der Waals surface area contributed by atoms with Gasteiger partial charge in [-0.15, -0.1) is 0 Å². The number of unbranched alkanes of at least 4 members (excludes halogenated alkanes) is 1. The van der Waals surface area contributed by atoms with Gasteiger partial charge in [0.25, 0.3) is 0 Å². The second kappa shape index (κ2) is 9.43. The maximum atomic E-state index is 13.4. The largest absolute Gasteiger partial charge is 0.494 e. The summed E-state index contributed by atoms with van der Waals surface area (Å²) in [6.07, 6.45) is -1.26. The highest BCUT2D eigenvalue weighted by Gasteiger charge is 2.36. The van der Waals surface area contributed by atoms with Crippen LogP contribution in [0.15, 0.2) is 30.5 Å². The number of hydrogen-bond donors (Lipinski definition) is 0. The Hall–Kier alpha value is -2.51. The molecule has 0 N–H and O–H groups in total. The van der Waals surface area contributed by atoms with Crippen molar-refractivity contribution in [2.24, 2.45) is 0 Å². The van der Waals surface area contributed by atoms with Gasteiger partial charge in [0.05, 0.1) is 13.2 Å². The maximum absolute atomic E-state index is 13.4. The van der Waals surface area contributed by atoms with E-state index in [2.05, 4.69) is 9.97 Å². The van der Waals surface area contributed by atoms with E-state index in [1.807, 2.05) is 13.8 Å². The fourth-order valence-corrected chi connectivity index (χ4v) is 2.30. The molecule has 0 saturated heterocycles. The van der Waals surface area contributed by atoms with E-state index in [0.717, 1.165) is 25.5 Å². The highest BCUT2D eigenvalue weighted by atomic mass is 19.4. The summed E-state index contributed by atoms with van der Waals surface area (Å²) >= 11 is 0. The third kappa shape index (κ3) is 5.74. The second-order valence-electron chi connectivity index (χ2n) is 5.99. The summed E-state index contributed by atoms with van der Waals surface area (Å²) in [6, 6.07) is 6.74. The zero-order valence-corrected chi connectivity index (χ0v) is 15.7. The second-order valence-corrected chi connectivity index (χ2v) is 5.99. The summed E-state index contributed by atoms with van der Waals surface area (Å²) < 4.78 is 51.1. The molecule has 0 atom stereocenters. The summed E-state index contributed by atoms with van der Waals surface area (Å²) in [5.74, 6) is 0.405. The van der Waals surface area contributed by atoms with Crippen LogP contribution in [0.1, 0.15) is 38.7 Å². The summed E-state index contributed by atoms with van der Waals surface area (Å²) in [5, 5.41) is 0. The Morgan fingerprint density at radius 3 is 2.30 bits per heavy atom. The zero-order valence-electron chi connectivity index (χ0n) is 15.7.